The second kappa shape index (κ2) is 13.6. The van der Waals surface area contributed by atoms with Crippen molar-refractivity contribution in [1.29, 1.82) is 5.41 Å². The van der Waals surface area contributed by atoms with E-state index < -0.39 is 58.9 Å². The zero-order valence-corrected chi connectivity index (χ0v) is 23.0. The Kier molecular flexibility index (Phi) is 10.2. The van der Waals surface area contributed by atoms with E-state index in [0.29, 0.717) is 17.8 Å². The third-order valence-electron chi connectivity index (χ3n) is 6.15. The zero-order valence-electron chi connectivity index (χ0n) is 22.1. The average molecular weight is 589 g/mol. The molecular formula is C25H32N8O7S. The third kappa shape index (κ3) is 8.15. The number of carbonyl (C=O) groups excluding carboxylic acids is 3. The Morgan fingerprint density at radius 3 is 2.41 bits per heavy atom. The number of guanidine groups is 1. The monoisotopic (exact) mass is 588 g/mol. The molecule has 1 aliphatic heterocycles. The van der Waals surface area contributed by atoms with Gasteiger partial charge in [-0.3, -0.25) is 19.8 Å². The molecule has 3 rings (SSSR count). The Morgan fingerprint density at radius 2 is 1.78 bits per heavy atom. The van der Waals surface area contributed by atoms with Gasteiger partial charge < -0.3 is 37.4 Å². The highest BCUT2D eigenvalue weighted by atomic mass is 32.2. The van der Waals surface area contributed by atoms with Crippen LogP contribution < -0.4 is 32.3 Å². The number of amides is 3. The van der Waals surface area contributed by atoms with Gasteiger partial charge in [-0.25, -0.2) is 13.2 Å². The van der Waals surface area contributed by atoms with Crippen molar-refractivity contribution in [2.75, 3.05) is 37.3 Å². The van der Waals surface area contributed by atoms with Gasteiger partial charge in [-0.05, 0) is 43.2 Å². The van der Waals surface area contributed by atoms with Crippen LogP contribution >= 0.6 is 0 Å². The first-order chi connectivity index (χ1) is 19.4. The fourth-order valence-corrected chi connectivity index (χ4v) is 5.83. The molecule has 1 heterocycles. The van der Waals surface area contributed by atoms with E-state index in [2.05, 4.69) is 26.6 Å². The van der Waals surface area contributed by atoms with Crippen LogP contribution in [0, 0.1) is 5.41 Å². The minimum absolute atomic E-state index is 0.0211. The van der Waals surface area contributed by atoms with Gasteiger partial charge in [0, 0.05) is 37.1 Å². The highest BCUT2D eigenvalue weighted by Crippen LogP contribution is 2.26. The molecule has 41 heavy (non-hydrogen) atoms. The SMILES string of the molecule is CNc1cc(NC(=N)N)cc(C(=O)NCC(=O)NCC(NC(=O)C2CCCN2S(=O)(=O)c2ccccc2)C(=O)O)c1. The molecule has 0 spiro atoms. The summed E-state index contributed by atoms with van der Waals surface area (Å²) in [6.07, 6.45) is 0.628. The van der Waals surface area contributed by atoms with E-state index in [1.807, 2.05) is 0 Å². The number of nitrogens with zero attached hydrogens (tertiary/aromatic N) is 1. The lowest BCUT2D eigenvalue weighted by Gasteiger charge is -2.25. The van der Waals surface area contributed by atoms with E-state index >= 15 is 0 Å². The van der Waals surface area contributed by atoms with Crippen LogP contribution in [0.3, 0.4) is 0 Å². The van der Waals surface area contributed by atoms with Gasteiger partial charge in [0.15, 0.2) is 5.96 Å². The molecule has 1 saturated heterocycles. The average Bonchev–Trinajstić information content (AvgIpc) is 3.45. The number of hydrogen-bond donors (Lipinski definition) is 8. The molecule has 0 bridgehead atoms. The van der Waals surface area contributed by atoms with Crippen molar-refractivity contribution in [2.45, 2.75) is 29.8 Å². The summed E-state index contributed by atoms with van der Waals surface area (Å²) < 4.78 is 27.1. The largest absolute Gasteiger partial charge is 0.480 e. The quantitative estimate of drug-likeness (QED) is 0.115. The Labute approximate surface area is 236 Å². The van der Waals surface area contributed by atoms with Crippen LogP contribution in [0.4, 0.5) is 11.4 Å². The predicted molar refractivity (Wildman–Crippen MR) is 150 cm³/mol. The van der Waals surface area contributed by atoms with Crippen molar-refractivity contribution in [3.05, 3.63) is 54.1 Å². The number of hydrogen-bond acceptors (Lipinski definition) is 8. The zero-order chi connectivity index (χ0) is 30.2. The number of aliphatic carboxylic acids is 1. The van der Waals surface area contributed by atoms with Gasteiger partial charge in [0.2, 0.25) is 21.8 Å². The second-order valence-corrected chi connectivity index (χ2v) is 11.0. The minimum Gasteiger partial charge on any atom is -0.480 e. The van der Waals surface area contributed by atoms with Gasteiger partial charge >= 0.3 is 5.97 Å². The van der Waals surface area contributed by atoms with E-state index in [9.17, 15) is 32.7 Å². The lowest BCUT2D eigenvalue weighted by molar-refractivity contribution is -0.142. The fourth-order valence-electron chi connectivity index (χ4n) is 4.16. The summed E-state index contributed by atoms with van der Waals surface area (Å²) in [5.74, 6) is -3.90. The van der Waals surface area contributed by atoms with Crippen molar-refractivity contribution >= 4 is 51.0 Å². The predicted octanol–water partition coefficient (Wildman–Crippen LogP) is -0.698. The highest BCUT2D eigenvalue weighted by molar-refractivity contribution is 7.89. The fraction of sp³-hybridized carbons (Fsp3) is 0.320. The minimum atomic E-state index is -3.98. The summed E-state index contributed by atoms with van der Waals surface area (Å²) in [7, 11) is -2.34. The number of rotatable bonds is 12. The molecule has 2 unspecified atom stereocenters. The Morgan fingerprint density at radius 1 is 1.10 bits per heavy atom. The van der Waals surface area contributed by atoms with Crippen LogP contribution in [0.5, 0.6) is 0 Å². The van der Waals surface area contributed by atoms with E-state index in [0.717, 1.165) is 4.31 Å². The van der Waals surface area contributed by atoms with E-state index in [1.54, 1.807) is 31.3 Å². The summed E-state index contributed by atoms with van der Waals surface area (Å²) in [5.41, 5.74) is 6.42. The van der Waals surface area contributed by atoms with Crippen LogP contribution in [0.2, 0.25) is 0 Å². The first kappa shape index (κ1) is 30.8. The molecule has 0 aliphatic carbocycles. The lowest BCUT2D eigenvalue weighted by atomic mass is 10.1. The van der Waals surface area contributed by atoms with Crippen LogP contribution in [0.15, 0.2) is 53.4 Å². The number of sulfonamides is 1. The molecular weight excluding hydrogens is 556 g/mol. The number of benzene rings is 2. The molecule has 0 aromatic heterocycles. The molecule has 2 atom stereocenters. The van der Waals surface area contributed by atoms with E-state index in [4.69, 9.17) is 11.1 Å². The van der Waals surface area contributed by atoms with Crippen molar-refractivity contribution in [3.63, 3.8) is 0 Å². The lowest BCUT2D eigenvalue weighted by Crippen LogP contribution is -2.54. The maximum Gasteiger partial charge on any atom is 0.328 e. The smallest absolute Gasteiger partial charge is 0.328 e. The van der Waals surface area contributed by atoms with Crippen LogP contribution in [-0.4, -0.2) is 86.2 Å². The summed E-state index contributed by atoms with van der Waals surface area (Å²) in [6, 6.07) is 9.52. The van der Waals surface area contributed by atoms with Crippen molar-refractivity contribution in [2.24, 2.45) is 5.73 Å². The van der Waals surface area contributed by atoms with Gasteiger partial charge in [0.05, 0.1) is 11.4 Å². The molecule has 9 N–H and O–H groups in total. The molecule has 2 aromatic carbocycles. The first-order valence-corrected chi connectivity index (χ1v) is 13.9. The maximum atomic E-state index is 13.0. The number of nitrogens with two attached hydrogens (primary N) is 1. The Hall–Kier alpha value is -4.70. The van der Waals surface area contributed by atoms with Crippen molar-refractivity contribution in [1.82, 2.24) is 20.3 Å². The third-order valence-corrected chi connectivity index (χ3v) is 8.07. The van der Waals surface area contributed by atoms with E-state index in [1.165, 1.54) is 24.3 Å². The van der Waals surface area contributed by atoms with Crippen LogP contribution in [0.1, 0.15) is 23.2 Å². The van der Waals surface area contributed by atoms with Crippen molar-refractivity contribution < 1.29 is 32.7 Å². The molecule has 2 aromatic rings. The van der Waals surface area contributed by atoms with E-state index in [-0.39, 0.29) is 29.4 Å². The van der Waals surface area contributed by atoms with Gasteiger partial charge in [-0.1, -0.05) is 18.2 Å². The maximum absolute atomic E-state index is 13.0. The molecule has 0 saturated carbocycles. The van der Waals surface area contributed by atoms with Gasteiger partial charge in [-0.2, -0.15) is 4.31 Å². The Balaban J connectivity index is 1.56. The van der Waals surface area contributed by atoms with Gasteiger partial charge in [-0.15, -0.1) is 0 Å². The Bertz CT molecular complexity index is 1420. The molecule has 220 valence electrons. The molecule has 0 radical (unpaired) electrons. The molecule has 1 fully saturated rings. The number of carbonyl (C=O) groups is 4. The van der Waals surface area contributed by atoms with Gasteiger partial charge in [0.1, 0.15) is 12.1 Å². The molecule has 3 amide bonds. The summed E-state index contributed by atoms with van der Waals surface area (Å²) >= 11 is 0. The molecule has 15 nitrogen and oxygen atoms in total. The number of carboxylic acids is 1. The first-order valence-electron chi connectivity index (χ1n) is 12.5. The highest BCUT2D eigenvalue weighted by Gasteiger charge is 2.40. The number of carboxylic acid groups (broad SMARTS) is 1. The van der Waals surface area contributed by atoms with Crippen LogP contribution in [0.25, 0.3) is 0 Å². The van der Waals surface area contributed by atoms with Gasteiger partial charge in [0.25, 0.3) is 5.91 Å². The number of nitrogens with one attached hydrogen (secondary N) is 6. The topological polar surface area (TPSA) is 236 Å². The summed E-state index contributed by atoms with van der Waals surface area (Å²) in [4.78, 5) is 49.6. The molecule has 16 heteroatoms. The normalized spacial score (nSPS) is 15.8. The summed E-state index contributed by atoms with van der Waals surface area (Å²) in [5, 5.41) is 29.4. The number of anilines is 2. The second-order valence-electron chi connectivity index (χ2n) is 9.06. The van der Waals surface area contributed by atoms with Crippen LogP contribution in [-0.2, 0) is 24.4 Å². The van der Waals surface area contributed by atoms with Crippen molar-refractivity contribution in [3.8, 4) is 0 Å². The molecule has 1 aliphatic rings. The summed E-state index contributed by atoms with van der Waals surface area (Å²) in [6.45, 7) is -0.896. The standard InChI is InChI=1S/C25H32N8O7S/c1-28-16-10-15(11-17(12-16)31-25(26)27)22(35)30-14-21(34)29-13-19(24(37)38)32-23(36)20-8-5-9-33(20)41(39,40)18-6-3-2-4-7-18/h2-4,6-7,10-12,19-20,28H,5,8-9,13-14H2,1H3,(H,29,34)(H,30,35)(H,32,36)(H,37,38)(H4,26,27,31).